The Morgan fingerprint density at radius 3 is 2.76 bits per heavy atom. The molecule has 1 N–H and O–H groups in total. The molecule has 0 aliphatic heterocycles. The average molecular weight is 291 g/mol. The van der Waals surface area contributed by atoms with Crippen LogP contribution in [0.3, 0.4) is 0 Å². The van der Waals surface area contributed by atoms with E-state index >= 15 is 0 Å². The molecule has 0 radical (unpaired) electrons. The molecular weight excluding hydrogens is 266 g/mol. The van der Waals surface area contributed by atoms with E-state index in [1.807, 2.05) is 24.5 Å². The smallest absolute Gasteiger partial charge is 0.322 e. The molecule has 1 heterocycles. The minimum absolute atomic E-state index is 0.149. The molecule has 1 atom stereocenters. The molecule has 0 amide bonds. The Morgan fingerprint density at radius 1 is 1.43 bits per heavy atom. The van der Waals surface area contributed by atoms with E-state index in [4.69, 9.17) is 4.74 Å². The molecule has 1 aromatic heterocycles. The monoisotopic (exact) mass is 291 g/mol. The number of esters is 1. The van der Waals surface area contributed by atoms with E-state index in [-0.39, 0.29) is 12.0 Å². The highest BCUT2D eigenvalue weighted by Gasteiger charge is 2.28. The highest BCUT2D eigenvalue weighted by molar-refractivity contribution is 5.75. The Labute approximate surface area is 126 Å². The summed E-state index contributed by atoms with van der Waals surface area (Å²) in [6.45, 7) is 1.85. The molecule has 1 unspecified atom stereocenters. The second kappa shape index (κ2) is 8.10. The number of carbonyl (C=O) groups excluding carboxylic acids is 1. The number of methoxy groups -OCH3 is 1. The number of hydrogen-bond donors (Lipinski definition) is 1. The van der Waals surface area contributed by atoms with E-state index in [2.05, 4.69) is 22.2 Å². The van der Waals surface area contributed by atoms with Crippen molar-refractivity contribution < 1.29 is 9.53 Å². The average Bonchev–Trinajstić information content (AvgIpc) is 3.33. The molecule has 1 aromatic rings. The minimum atomic E-state index is -0.175. The fourth-order valence-corrected chi connectivity index (χ4v) is 2.28. The first kappa shape index (κ1) is 15.9. The van der Waals surface area contributed by atoms with E-state index < -0.39 is 0 Å². The second-order valence-electron chi connectivity index (χ2n) is 5.71. The van der Waals surface area contributed by atoms with Crippen LogP contribution in [0.15, 0.2) is 24.5 Å². The van der Waals surface area contributed by atoms with Crippen molar-refractivity contribution in [2.45, 2.75) is 37.8 Å². The summed E-state index contributed by atoms with van der Waals surface area (Å²) in [5, 5.41) is 3.36. The molecular formula is C16H25N3O2. The van der Waals surface area contributed by atoms with Crippen LogP contribution < -0.4 is 5.32 Å². The number of ether oxygens (including phenoxy) is 1. The molecule has 0 bridgehead atoms. The van der Waals surface area contributed by atoms with Gasteiger partial charge in [-0.1, -0.05) is 0 Å². The summed E-state index contributed by atoms with van der Waals surface area (Å²) in [5.74, 6) is -0.149. The molecule has 21 heavy (non-hydrogen) atoms. The lowest BCUT2D eigenvalue weighted by Crippen LogP contribution is -2.41. The number of aromatic nitrogens is 1. The van der Waals surface area contributed by atoms with Crippen LogP contribution in [0.5, 0.6) is 0 Å². The third kappa shape index (κ3) is 5.81. The van der Waals surface area contributed by atoms with Crippen molar-refractivity contribution in [3.8, 4) is 0 Å². The largest absolute Gasteiger partial charge is 0.468 e. The quantitative estimate of drug-likeness (QED) is 0.694. The van der Waals surface area contributed by atoms with Gasteiger partial charge in [0.15, 0.2) is 0 Å². The van der Waals surface area contributed by atoms with Gasteiger partial charge < -0.3 is 15.0 Å². The van der Waals surface area contributed by atoms with Gasteiger partial charge in [-0.2, -0.15) is 0 Å². The van der Waals surface area contributed by atoms with Crippen molar-refractivity contribution in [1.82, 2.24) is 15.2 Å². The molecule has 5 heteroatoms. The Morgan fingerprint density at radius 2 is 2.14 bits per heavy atom. The zero-order valence-electron chi connectivity index (χ0n) is 12.9. The van der Waals surface area contributed by atoms with Gasteiger partial charge in [-0.05, 0) is 57.0 Å². The normalized spacial score (nSPS) is 16.0. The summed E-state index contributed by atoms with van der Waals surface area (Å²) in [7, 11) is 3.55. The first-order valence-electron chi connectivity index (χ1n) is 7.60. The van der Waals surface area contributed by atoms with Gasteiger partial charge in [0.05, 0.1) is 7.11 Å². The number of hydrogen-bond acceptors (Lipinski definition) is 5. The zero-order chi connectivity index (χ0) is 15.1. The van der Waals surface area contributed by atoms with Gasteiger partial charge in [0.1, 0.15) is 6.04 Å². The number of pyridine rings is 1. The SMILES string of the molecule is COC(=O)C(CCN(C)CCc1ccncc1)NC1CC1. The molecule has 1 fully saturated rings. The van der Waals surface area contributed by atoms with Crippen molar-refractivity contribution in [1.29, 1.82) is 0 Å². The maximum absolute atomic E-state index is 11.8. The van der Waals surface area contributed by atoms with Gasteiger partial charge in [-0.25, -0.2) is 0 Å². The van der Waals surface area contributed by atoms with Gasteiger partial charge in [0.2, 0.25) is 0 Å². The fraction of sp³-hybridized carbons (Fsp3) is 0.625. The fourth-order valence-electron chi connectivity index (χ4n) is 2.28. The van der Waals surface area contributed by atoms with Crippen LogP contribution in [0, 0.1) is 0 Å². The Balaban J connectivity index is 1.70. The Hall–Kier alpha value is -1.46. The maximum atomic E-state index is 11.8. The Kier molecular flexibility index (Phi) is 6.14. The van der Waals surface area contributed by atoms with Crippen LogP contribution in [0.4, 0.5) is 0 Å². The molecule has 0 aromatic carbocycles. The topological polar surface area (TPSA) is 54.5 Å². The van der Waals surface area contributed by atoms with Crippen LogP contribution >= 0.6 is 0 Å². The van der Waals surface area contributed by atoms with Crippen molar-refractivity contribution in [2.75, 3.05) is 27.2 Å². The molecule has 5 nitrogen and oxygen atoms in total. The highest BCUT2D eigenvalue weighted by atomic mass is 16.5. The third-order valence-corrected chi connectivity index (χ3v) is 3.83. The molecule has 1 aliphatic carbocycles. The summed E-state index contributed by atoms with van der Waals surface area (Å²) >= 11 is 0. The van der Waals surface area contributed by atoms with Gasteiger partial charge in [-0.3, -0.25) is 9.78 Å². The standard InChI is InChI=1S/C16H25N3O2/c1-19(11-7-13-5-9-17-10-6-13)12-8-15(16(20)21-2)18-14-3-4-14/h5-6,9-10,14-15,18H,3-4,7-8,11-12H2,1-2H3. The van der Waals surface area contributed by atoms with Crippen LogP contribution in [0.2, 0.25) is 0 Å². The summed E-state index contributed by atoms with van der Waals surface area (Å²) in [6.07, 6.45) is 7.77. The van der Waals surface area contributed by atoms with Crippen LogP contribution in [-0.2, 0) is 16.0 Å². The molecule has 0 saturated heterocycles. The zero-order valence-corrected chi connectivity index (χ0v) is 12.9. The molecule has 1 aliphatic rings. The predicted molar refractivity (Wildman–Crippen MR) is 82.0 cm³/mol. The van der Waals surface area contributed by atoms with Gasteiger partial charge >= 0.3 is 5.97 Å². The highest BCUT2D eigenvalue weighted by Crippen LogP contribution is 2.20. The van der Waals surface area contributed by atoms with Crippen molar-refractivity contribution >= 4 is 5.97 Å². The van der Waals surface area contributed by atoms with Crippen molar-refractivity contribution in [3.63, 3.8) is 0 Å². The first-order chi connectivity index (χ1) is 10.2. The summed E-state index contributed by atoms with van der Waals surface area (Å²) in [6, 6.07) is 4.42. The number of carbonyl (C=O) groups is 1. The minimum Gasteiger partial charge on any atom is -0.468 e. The number of rotatable bonds is 9. The lowest BCUT2D eigenvalue weighted by atomic mass is 10.1. The maximum Gasteiger partial charge on any atom is 0.322 e. The molecule has 116 valence electrons. The van der Waals surface area contributed by atoms with Gasteiger partial charge in [-0.15, -0.1) is 0 Å². The van der Waals surface area contributed by atoms with E-state index in [1.165, 1.54) is 25.5 Å². The lowest BCUT2D eigenvalue weighted by Gasteiger charge is -2.21. The van der Waals surface area contributed by atoms with Gasteiger partial charge in [0.25, 0.3) is 0 Å². The first-order valence-corrected chi connectivity index (χ1v) is 7.60. The van der Waals surface area contributed by atoms with Crippen LogP contribution in [0.1, 0.15) is 24.8 Å². The summed E-state index contributed by atoms with van der Waals surface area (Å²) < 4.78 is 4.88. The lowest BCUT2D eigenvalue weighted by molar-refractivity contribution is -0.143. The van der Waals surface area contributed by atoms with Crippen molar-refractivity contribution in [3.05, 3.63) is 30.1 Å². The number of nitrogens with zero attached hydrogens (tertiary/aromatic N) is 2. The molecule has 1 saturated carbocycles. The van der Waals surface area contributed by atoms with Crippen LogP contribution in [-0.4, -0.2) is 55.2 Å². The van der Waals surface area contributed by atoms with E-state index in [9.17, 15) is 4.79 Å². The summed E-state index contributed by atoms with van der Waals surface area (Å²) in [5.41, 5.74) is 1.29. The number of nitrogens with one attached hydrogen (secondary N) is 1. The van der Waals surface area contributed by atoms with Crippen molar-refractivity contribution in [2.24, 2.45) is 0 Å². The van der Waals surface area contributed by atoms with Crippen LogP contribution in [0.25, 0.3) is 0 Å². The third-order valence-electron chi connectivity index (χ3n) is 3.83. The molecule has 2 rings (SSSR count). The van der Waals surface area contributed by atoms with E-state index in [1.54, 1.807) is 0 Å². The van der Waals surface area contributed by atoms with E-state index in [0.29, 0.717) is 6.04 Å². The predicted octanol–water partition coefficient (Wildman–Crippen LogP) is 1.24. The summed E-state index contributed by atoms with van der Waals surface area (Å²) in [4.78, 5) is 18.0. The van der Waals surface area contributed by atoms with E-state index in [0.717, 1.165) is 25.9 Å². The number of likely N-dealkylation sites (N-methyl/N-ethyl adjacent to an activating group) is 1. The Bertz CT molecular complexity index is 434. The molecule has 0 spiro atoms. The van der Waals surface area contributed by atoms with Gasteiger partial charge in [0, 0.05) is 25.0 Å². The second-order valence-corrected chi connectivity index (χ2v) is 5.71.